The summed E-state index contributed by atoms with van der Waals surface area (Å²) in [5.74, 6) is 0.0124. The summed E-state index contributed by atoms with van der Waals surface area (Å²) in [6.07, 6.45) is 7.82. The van der Waals surface area contributed by atoms with Gasteiger partial charge >= 0.3 is 0 Å². The number of nitrogens with one attached hydrogen (secondary N) is 1. The summed E-state index contributed by atoms with van der Waals surface area (Å²) >= 11 is 0. The fourth-order valence-electron chi connectivity index (χ4n) is 7.00. The monoisotopic (exact) mass is 557 g/mol. The number of fused-ring (bicyclic) bond motifs is 4. The Kier molecular flexibility index (Phi) is 7.12. The van der Waals surface area contributed by atoms with Crippen molar-refractivity contribution in [1.82, 2.24) is 25.0 Å². The number of H-pyrrole nitrogens is 1. The Hall–Kier alpha value is -4.38. The van der Waals surface area contributed by atoms with E-state index in [1.165, 1.54) is 17.2 Å². The van der Waals surface area contributed by atoms with Gasteiger partial charge in [0.05, 0.1) is 23.8 Å². The van der Waals surface area contributed by atoms with Crippen LogP contribution in [-0.4, -0.2) is 73.5 Å². The van der Waals surface area contributed by atoms with Crippen molar-refractivity contribution >= 4 is 18.3 Å². The highest BCUT2D eigenvalue weighted by atomic mass is 16.5. The number of benzene rings is 1. The first-order chi connectivity index (χ1) is 19.9. The molecule has 1 aromatic carbocycles. The number of aromatic nitrogens is 3. The third kappa shape index (κ3) is 4.80. The average molecular weight is 558 g/mol. The molecule has 7 rings (SSSR count). The fourth-order valence-corrected chi connectivity index (χ4v) is 7.00. The van der Waals surface area contributed by atoms with E-state index < -0.39 is 0 Å². The molecule has 41 heavy (non-hydrogen) atoms. The van der Waals surface area contributed by atoms with Crippen LogP contribution in [0.25, 0.3) is 11.3 Å². The predicted octanol–water partition coefficient (Wildman–Crippen LogP) is 2.57. The van der Waals surface area contributed by atoms with E-state index in [9.17, 15) is 14.4 Å². The van der Waals surface area contributed by atoms with Crippen molar-refractivity contribution in [3.63, 3.8) is 0 Å². The number of amides is 2. The van der Waals surface area contributed by atoms with Crippen LogP contribution < -0.4 is 5.56 Å². The van der Waals surface area contributed by atoms with Gasteiger partial charge in [-0.05, 0) is 61.9 Å². The summed E-state index contributed by atoms with van der Waals surface area (Å²) in [6, 6.07) is 12.5. The summed E-state index contributed by atoms with van der Waals surface area (Å²) in [7, 11) is 0. The lowest BCUT2D eigenvalue weighted by Crippen LogP contribution is -2.49. The first kappa shape index (κ1) is 26.8. The minimum absolute atomic E-state index is 0.0187. The number of likely N-dealkylation sites (tertiary alicyclic amines) is 1. The Morgan fingerprint density at radius 3 is 2.54 bits per heavy atom. The van der Waals surface area contributed by atoms with E-state index in [1.54, 1.807) is 24.4 Å². The molecule has 3 aromatic rings. The standard InChI is InChI=1S/C29H29N5O4.CH2O2/c35-26-8-6-24(31-32-26)18-1-3-19(4-2-18)27(36)34-21-5-7-25(34)22(15-21)28(37)33-13-10-29(11-14-33)23-16-30-12-9-20(23)17-38-29;2-1-3/h1-4,6,8-9,12,16,21-22,25H,5,7,10-11,13-15,17H2,(H,32,35);1H,(H,2,3)/t21?,22-,25?;/m1./s1. The highest BCUT2D eigenvalue weighted by molar-refractivity contribution is 5.96. The van der Waals surface area contributed by atoms with Crippen LogP contribution in [0.15, 0.2) is 59.7 Å². The van der Waals surface area contributed by atoms with E-state index in [0.29, 0.717) is 31.0 Å². The number of pyridine rings is 1. The molecule has 11 nitrogen and oxygen atoms in total. The molecule has 0 radical (unpaired) electrons. The summed E-state index contributed by atoms with van der Waals surface area (Å²) in [6.45, 7) is 1.68. The lowest BCUT2D eigenvalue weighted by atomic mass is 9.83. The second-order valence-electron chi connectivity index (χ2n) is 11.0. The van der Waals surface area contributed by atoms with Crippen molar-refractivity contribution in [2.75, 3.05) is 13.1 Å². The van der Waals surface area contributed by atoms with Crippen LogP contribution in [0, 0.1) is 5.92 Å². The maximum Gasteiger partial charge on any atom is 0.290 e. The molecule has 3 saturated heterocycles. The average Bonchev–Trinajstić information content (AvgIpc) is 3.70. The minimum Gasteiger partial charge on any atom is -0.483 e. The Bertz CT molecular complexity index is 1490. The van der Waals surface area contributed by atoms with Crippen LogP contribution in [-0.2, 0) is 26.5 Å². The number of ether oxygens (including phenoxy) is 1. The first-order valence-corrected chi connectivity index (χ1v) is 13.9. The van der Waals surface area contributed by atoms with Crippen molar-refractivity contribution in [3.8, 4) is 11.3 Å². The molecule has 2 unspecified atom stereocenters. The zero-order valence-electron chi connectivity index (χ0n) is 22.4. The zero-order chi connectivity index (χ0) is 28.6. The van der Waals surface area contributed by atoms with Gasteiger partial charge in [0.1, 0.15) is 0 Å². The first-order valence-electron chi connectivity index (χ1n) is 13.9. The normalized spacial score (nSPS) is 23.6. The molecule has 3 atom stereocenters. The maximum atomic E-state index is 13.7. The number of hydrogen-bond donors (Lipinski definition) is 2. The van der Waals surface area contributed by atoms with Gasteiger partial charge in [-0.3, -0.25) is 24.2 Å². The smallest absolute Gasteiger partial charge is 0.290 e. The number of aromatic amines is 1. The highest BCUT2D eigenvalue weighted by Gasteiger charge is 2.53. The maximum absolute atomic E-state index is 13.7. The van der Waals surface area contributed by atoms with E-state index in [0.717, 1.165) is 37.7 Å². The molecular formula is C30H31N5O6. The van der Waals surface area contributed by atoms with Gasteiger partial charge in [-0.2, -0.15) is 5.10 Å². The van der Waals surface area contributed by atoms with Gasteiger partial charge in [-0.1, -0.05) is 12.1 Å². The number of carbonyl (C=O) groups excluding carboxylic acids is 2. The Morgan fingerprint density at radius 1 is 1.07 bits per heavy atom. The molecule has 3 fully saturated rings. The van der Waals surface area contributed by atoms with Crippen molar-refractivity contribution in [3.05, 3.63) is 81.9 Å². The van der Waals surface area contributed by atoms with E-state index in [4.69, 9.17) is 14.6 Å². The predicted molar refractivity (Wildman–Crippen MR) is 147 cm³/mol. The number of carboxylic acid groups (broad SMARTS) is 1. The van der Waals surface area contributed by atoms with Gasteiger partial charge in [-0.15, -0.1) is 0 Å². The molecule has 4 aliphatic rings. The summed E-state index contributed by atoms with van der Waals surface area (Å²) in [4.78, 5) is 55.1. The number of nitrogens with zero attached hydrogens (tertiary/aromatic N) is 4. The molecular weight excluding hydrogens is 526 g/mol. The summed E-state index contributed by atoms with van der Waals surface area (Å²) in [5, 5.41) is 13.4. The van der Waals surface area contributed by atoms with Crippen LogP contribution in [0.4, 0.5) is 0 Å². The molecule has 1 spiro atoms. The lowest BCUT2D eigenvalue weighted by molar-refractivity contribution is -0.143. The molecule has 2 aromatic heterocycles. The van der Waals surface area contributed by atoms with Crippen molar-refractivity contribution in [1.29, 1.82) is 0 Å². The van der Waals surface area contributed by atoms with E-state index in [1.807, 2.05) is 34.2 Å². The molecule has 2 N–H and O–H groups in total. The second kappa shape index (κ2) is 10.9. The Morgan fingerprint density at radius 2 is 1.83 bits per heavy atom. The van der Waals surface area contributed by atoms with Crippen LogP contribution >= 0.6 is 0 Å². The Labute approximate surface area is 236 Å². The van der Waals surface area contributed by atoms with E-state index in [2.05, 4.69) is 15.2 Å². The van der Waals surface area contributed by atoms with Crippen molar-refractivity contribution < 1.29 is 24.2 Å². The quantitative estimate of drug-likeness (QED) is 0.468. The zero-order valence-corrected chi connectivity index (χ0v) is 22.4. The van der Waals surface area contributed by atoms with Crippen molar-refractivity contribution in [2.45, 2.75) is 56.4 Å². The molecule has 6 heterocycles. The topological polar surface area (TPSA) is 146 Å². The highest BCUT2D eigenvalue weighted by Crippen LogP contribution is 2.46. The Balaban J connectivity index is 0.000000967. The van der Waals surface area contributed by atoms with Crippen LogP contribution in [0.5, 0.6) is 0 Å². The van der Waals surface area contributed by atoms with Gasteiger partial charge in [-0.25, -0.2) is 5.10 Å². The third-order valence-corrected chi connectivity index (χ3v) is 8.98. The number of rotatable bonds is 3. The van der Waals surface area contributed by atoms with Crippen LogP contribution in [0.1, 0.15) is 53.6 Å². The van der Waals surface area contributed by atoms with Crippen LogP contribution in [0.3, 0.4) is 0 Å². The molecule has 212 valence electrons. The third-order valence-electron chi connectivity index (χ3n) is 8.98. The molecule has 0 saturated carbocycles. The van der Waals surface area contributed by atoms with Crippen molar-refractivity contribution in [2.24, 2.45) is 5.92 Å². The van der Waals surface area contributed by atoms with Gasteiger partial charge in [0.25, 0.3) is 17.9 Å². The number of piperidine rings is 1. The van der Waals surface area contributed by atoms with Gasteiger partial charge in [0.15, 0.2) is 0 Å². The molecule has 0 aliphatic carbocycles. The van der Waals surface area contributed by atoms with Gasteiger partial charge in [0.2, 0.25) is 5.91 Å². The fraction of sp³-hybridized carbons (Fsp3) is 0.400. The minimum atomic E-state index is -0.326. The van der Waals surface area contributed by atoms with Crippen LogP contribution in [0.2, 0.25) is 0 Å². The molecule has 11 heteroatoms. The largest absolute Gasteiger partial charge is 0.483 e. The molecule has 2 bridgehead atoms. The molecule has 2 amide bonds. The number of hydrogen-bond acceptors (Lipinski definition) is 7. The van der Waals surface area contributed by atoms with Gasteiger partial charge in [0, 0.05) is 60.3 Å². The summed E-state index contributed by atoms with van der Waals surface area (Å²) < 4.78 is 6.24. The van der Waals surface area contributed by atoms with Gasteiger partial charge < -0.3 is 19.6 Å². The second-order valence-corrected chi connectivity index (χ2v) is 11.0. The summed E-state index contributed by atoms with van der Waals surface area (Å²) in [5.41, 5.74) is 3.86. The SMILES string of the molecule is O=C([C@@H]1CC2CCC1N2C(=O)c1ccc(-c2ccc(=O)[nH]n2)cc1)N1CCC2(CC1)OCc1ccncc12.O=CO. The lowest BCUT2D eigenvalue weighted by Gasteiger charge is -2.40. The van der Waals surface area contributed by atoms with E-state index >= 15 is 0 Å². The molecule has 4 aliphatic heterocycles. The number of carbonyl (C=O) groups is 3. The van der Waals surface area contributed by atoms with E-state index in [-0.39, 0.29) is 47.4 Å².